The van der Waals surface area contributed by atoms with Crippen molar-refractivity contribution in [3.05, 3.63) is 35.4 Å². The molecule has 1 aromatic carbocycles. The minimum atomic E-state index is -1.95. The summed E-state index contributed by atoms with van der Waals surface area (Å²) in [5.41, 5.74) is 0.606. The van der Waals surface area contributed by atoms with Gasteiger partial charge in [-0.15, -0.1) is 0 Å². The maximum absolute atomic E-state index is 11.2. The second-order valence-electron chi connectivity index (χ2n) is 2.41. The van der Waals surface area contributed by atoms with Gasteiger partial charge in [0.15, 0.2) is 0 Å². The van der Waals surface area contributed by atoms with Crippen molar-refractivity contribution in [3.8, 4) is 0 Å². The Morgan fingerprint density at radius 3 is 1.85 bits per heavy atom. The van der Waals surface area contributed by atoms with Gasteiger partial charge in [0.05, 0.1) is 0 Å². The van der Waals surface area contributed by atoms with Gasteiger partial charge in [-0.3, -0.25) is 0 Å². The summed E-state index contributed by atoms with van der Waals surface area (Å²) in [6.45, 7) is 0. The molecule has 5 heteroatoms. The Bertz CT molecular complexity index is 339. The van der Waals surface area contributed by atoms with E-state index in [4.69, 9.17) is 5.37 Å². The van der Waals surface area contributed by atoms with Gasteiger partial charge in [-0.25, -0.2) is 0 Å². The molecule has 4 nitrogen and oxygen atoms in total. The summed E-state index contributed by atoms with van der Waals surface area (Å²) in [5, 5.41) is 0. The standard InChI is InChI=1S/C8H6O4.Pb/c9-7(10)5-3-1-2-4-6(5)8(11)12;/h1-4H,(H,9,10)(H,11,12);/q;+2/p-2. The van der Waals surface area contributed by atoms with Crippen molar-refractivity contribution < 1.29 is 15.0 Å². The van der Waals surface area contributed by atoms with Crippen molar-refractivity contribution in [3.63, 3.8) is 0 Å². The van der Waals surface area contributed by atoms with Crippen LogP contribution in [0, 0.1) is 0 Å². The summed E-state index contributed by atoms with van der Waals surface area (Å²) in [4.78, 5) is 22.5. The number of carbonyl (C=O) groups excluding carboxylic acids is 2. The molecule has 1 aromatic rings. The van der Waals surface area contributed by atoms with Crippen LogP contribution >= 0.6 is 0 Å². The molecule has 1 aliphatic heterocycles. The second kappa shape index (κ2) is 3.45. The number of hydrogen-bond donors (Lipinski definition) is 0. The van der Waals surface area contributed by atoms with Crippen LogP contribution in [0.3, 0.4) is 0 Å². The van der Waals surface area contributed by atoms with Gasteiger partial charge in [-0.05, 0) is 0 Å². The van der Waals surface area contributed by atoms with Crippen molar-refractivity contribution in [2.75, 3.05) is 0 Å². The normalized spacial score (nSPS) is 15.4. The zero-order chi connectivity index (χ0) is 9.26. The SMILES string of the molecule is O=C1[O][Pb][O]C(=O)c2ccccc21. The van der Waals surface area contributed by atoms with E-state index in [1.54, 1.807) is 24.3 Å². The molecule has 0 atom stereocenters. The van der Waals surface area contributed by atoms with Gasteiger partial charge in [-0.1, -0.05) is 0 Å². The van der Waals surface area contributed by atoms with Crippen LogP contribution in [0.25, 0.3) is 0 Å². The molecule has 0 aromatic heterocycles. The van der Waals surface area contributed by atoms with Gasteiger partial charge in [0.1, 0.15) is 0 Å². The topological polar surface area (TPSA) is 52.6 Å². The molecule has 0 N–H and O–H groups in total. The van der Waals surface area contributed by atoms with E-state index in [1.807, 2.05) is 0 Å². The molecular formula is C8H4O4Pb. The van der Waals surface area contributed by atoms with E-state index in [1.165, 1.54) is 0 Å². The van der Waals surface area contributed by atoms with Gasteiger partial charge in [0, 0.05) is 0 Å². The molecule has 0 saturated heterocycles. The fourth-order valence-electron chi connectivity index (χ4n) is 1.05. The third-order valence-electron chi connectivity index (χ3n) is 1.64. The van der Waals surface area contributed by atoms with Crippen LogP contribution in [0.2, 0.25) is 0 Å². The quantitative estimate of drug-likeness (QED) is 0.625. The molecule has 0 fully saturated rings. The summed E-state index contributed by atoms with van der Waals surface area (Å²) < 4.78 is 9.62. The predicted octanol–water partition coefficient (Wildman–Crippen LogP) is 0.548. The van der Waals surface area contributed by atoms with Crippen LogP contribution in [-0.4, -0.2) is 37.1 Å². The molecule has 64 valence electrons. The predicted molar refractivity (Wildman–Crippen MR) is 43.0 cm³/mol. The van der Waals surface area contributed by atoms with E-state index in [2.05, 4.69) is 0 Å². The summed E-state index contributed by atoms with van der Waals surface area (Å²) >= 11 is -1.95. The minimum absolute atomic E-state index is 0.303. The number of benzene rings is 1. The van der Waals surface area contributed by atoms with E-state index < -0.39 is 37.1 Å². The fraction of sp³-hybridized carbons (Fsp3) is 0. The number of fused-ring (bicyclic) bond motifs is 1. The Morgan fingerprint density at radius 2 is 1.38 bits per heavy atom. The summed E-state index contributed by atoms with van der Waals surface area (Å²) in [6, 6.07) is 6.50. The monoisotopic (exact) mass is 372 g/mol. The van der Waals surface area contributed by atoms with Crippen molar-refractivity contribution in [1.29, 1.82) is 0 Å². The van der Waals surface area contributed by atoms with Crippen LogP contribution in [-0.2, 0) is 5.37 Å². The van der Waals surface area contributed by atoms with E-state index >= 15 is 0 Å². The summed E-state index contributed by atoms with van der Waals surface area (Å²) in [7, 11) is 0. The van der Waals surface area contributed by atoms with E-state index in [0.717, 1.165) is 0 Å². The molecule has 2 radical (unpaired) electrons. The Balaban J connectivity index is 2.57. The van der Waals surface area contributed by atoms with Crippen molar-refractivity contribution in [2.45, 2.75) is 0 Å². The molecule has 0 aliphatic carbocycles. The molecule has 0 amide bonds. The summed E-state index contributed by atoms with van der Waals surface area (Å²) in [6.07, 6.45) is 0. The van der Waals surface area contributed by atoms with Crippen molar-refractivity contribution in [1.82, 2.24) is 0 Å². The second-order valence-corrected chi connectivity index (χ2v) is 4.64. The van der Waals surface area contributed by atoms with Crippen LogP contribution in [0.15, 0.2) is 24.3 Å². The Labute approximate surface area is 87.4 Å². The molecule has 0 saturated carbocycles. The molecular weight excluding hydrogens is 367 g/mol. The van der Waals surface area contributed by atoms with Gasteiger partial charge in [0.25, 0.3) is 0 Å². The fourth-order valence-corrected chi connectivity index (χ4v) is 2.65. The molecule has 0 unspecified atom stereocenters. The molecule has 1 aliphatic rings. The first-order chi connectivity index (χ1) is 6.29. The van der Waals surface area contributed by atoms with Crippen LogP contribution in [0.5, 0.6) is 0 Å². The van der Waals surface area contributed by atoms with E-state index in [0.29, 0.717) is 11.1 Å². The Morgan fingerprint density at radius 1 is 0.923 bits per heavy atom. The maximum atomic E-state index is 11.2. The first-order valence-electron chi connectivity index (χ1n) is 3.55. The first kappa shape index (κ1) is 8.67. The van der Waals surface area contributed by atoms with Crippen molar-refractivity contribution >= 4 is 37.1 Å². The Hall–Kier alpha value is -0.918. The molecule has 13 heavy (non-hydrogen) atoms. The molecule has 1 heterocycles. The van der Waals surface area contributed by atoms with Crippen molar-refractivity contribution in [2.24, 2.45) is 0 Å². The van der Waals surface area contributed by atoms with Crippen LogP contribution < -0.4 is 0 Å². The van der Waals surface area contributed by atoms with Gasteiger partial charge in [0.2, 0.25) is 0 Å². The summed E-state index contributed by atoms with van der Waals surface area (Å²) in [5.74, 6) is -0.880. The van der Waals surface area contributed by atoms with Gasteiger partial charge in [-0.2, -0.15) is 0 Å². The third kappa shape index (κ3) is 1.58. The molecule has 0 spiro atoms. The van der Waals surface area contributed by atoms with Gasteiger partial charge < -0.3 is 0 Å². The van der Waals surface area contributed by atoms with Crippen LogP contribution in [0.1, 0.15) is 20.7 Å². The number of rotatable bonds is 0. The Kier molecular flexibility index (Phi) is 2.30. The zero-order valence-electron chi connectivity index (χ0n) is 6.44. The third-order valence-corrected chi connectivity index (χ3v) is 3.72. The zero-order valence-corrected chi connectivity index (χ0v) is 10.3. The van der Waals surface area contributed by atoms with E-state index in [9.17, 15) is 9.59 Å². The first-order valence-corrected chi connectivity index (χ1v) is 6.73. The number of hydrogen-bond acceptors (Lipinski definition) is 4. The number of carbonyl (C=O) groups is 2. The van der Waals surface area contributed by atoms with Crippen LogP contribution in [0.4, 0.5) is 0 Å². The van der Waals surface area contributed by atoms with E-state index in [-0.39, 0.29) is 0 Å². The average molecular weight is 371 g/mol. The molecule has 2 rings (SSSR count). The van der Waals surface area contributed by atoms with Gasteiger partial charge >= 0.3 is 87.4 Å². The molecule has 0 bridgehead atoms. The average Bonchev–Trinajstić information content (AvgIpc) is 2.29.